The molecule has 2 aromatic carbocycles. The zero-order chi connectivity index (χ0) is 23.1. The number of pyridine rings is 1. The zero-order valence-corrected chi connectivity index (χ0v) is 19.1. The largest absolute Gasteiger partial charge is 0.497 e. The average Bonchev–Trinajstić information content (AvgIpc) is 2.80. The Kier molecular flexibility index (Phi) is 7.68. The second kappa shape index (κ2) is 10.4. The SMILES string of the molecule is COc1ccc(CN(CC(=O)Nc2cc(Cl)ccc2OC)S(=O)(=O)c2cccnc2)cc1. The summed E-state index contributed by atoms with van der Waals surface area (Å²) in [7, 11) is -1.00. The summed E-state index contributed by atoms with van der Waals surface area (Å²) in [6.07, 6.45) is 2.72. The number of hydrogen-bond acceptors (Lipinski definition) is 6. The van der Waals surface area contributed by atoms with Gasteiger partial charge < -0.3 is 14.8 Å². The van der Waals surface area contributed by atoms with Crippen LogP contribution in [0, 0.1) is 0 Å². The van der Waals surface area contributed by atoms with Gasteiger partial charge in [-0.15, -0.1) is 0 Å². The Morgan fingerprint density at radius 2 is 1.84 bits per heavy atom. The number of hydrogen-bond donors (Lipinski definition) is 1. The summed E-state index contributed by atoms with van der Waals surface area (Å²) < 4.78 is 38.0. The van der Waals surface area contributed by atoms with Crippen molar-refractivity contribution >= 4 is 33.2 Å². The molecular formula is C22H22ClN3O5S. The van der Waals surface area contributed by atoms with Gasteiger partial charge in [-0.1, -0.05) is 23.7 Å². The van der Waals surface area contributed by atoms with Crippen LogP contribution in [0.25, 0.3) is 0 Å². The molecule has 0 saturated heterocycles. The molecule has 0 unspecified atom stereocenters. The Labute approximate surface area is 191 Å². The molecule has 0 aliphatic carbocycles. The summed E-state index contributed by atoms with van der Waals surface area (Å²) in [5.41, 5.74) is 1.03. The summed E-state index contributed by atoms with van der Waals surface area (Å²) in [6, 6.07) is 14.6. The van der Waals surface area contributed by atoms with Crippen molar-refractivity contribution in [3.8, 4) is 11.5 Å². The van der Waals surface area contributed by atoms with Gasteiger partial charge in [0, 0.05) is 24.0 Å². The van der Waals surface area contributed by atoms with Crippen molar-refractivity contribution in [1.29, 1.82) is 0 Å². The molecule has 8 nitrogen and oxygen atoms in total. The van der Waals surface area contributed by atoms with E-state index in [-0.39, 0.29) is 11.4 Å². The molecule has 3 rings (SSSR count). The summed E-state index contributed by atoms with van der Waals surface area (Å²) in [4.78, 5) is 16.7. The van der Waals surface area contributed by atoms with E-state index in [9.17, 15) is 13.2 Å². The standard InChI is InChI=1S/C22H22ClN3O5S/c1-30-18-8-5-16(6-9-18)14-26(32(28,29)19-4-3-11-24-13-19)15-22(27)25-20-12-17(23)7-10-21(20)31-2/h3-13H,14-15H2,1-2H3,(H,25,27). The molecule has 32 heavy (non-hydrogen) atoms. The Bertz CT molecular complexity index is 1170. The Morgan fingerprint density at radius 3 is 2.47 bits per heavy atom. The number of methoxy groups -OCH3 is 2. The Balaban J connectivity index is 1.88. The van der Waals surface area contributed by atoms with Gasteiger partial charge in [0.2, 0.25) is 15.9 Å². The van der Waals surface area contributed by atoms with Gasteiger partial charge >= 0.3 is 0 Å². The molecule has 0 spiro atoms. The number of carbonyl (C=O) groups excluding carboxylic acids is 1. The van der Waals surface area contributed by atoms with Crippen LogP contribution in [0.5, 0.6) is 11.5 Å². The molecule has 168 valence electrons. The van der Waals surface area contributed by atoms with Crippen LogP contribution in [0.15, 0.2) is 71.9 Å². The molecule has 1 aromatic heterocycles. The van der Waals surface area contributed by atoms with Crippen molar-refractivity contribution in [2.24, 2.45) is 0 Å². The van der Waals surface area contributed by atoms with Gasteiger partial charge in [0.15, 0.2) is 0 Å². The molecule has 0 aliphatic heterocycles. The number of benzene rings is 2. The van der Waals surface area contributed by atoms with E-state index in [0.29, 0.717) is 27.8 Å². The van der Waals surface area contributed by atoms with Crippen LogP contribution in [0.3, 0.4) is 0 Å². The number of carbonyl (C=O) groups is 1. The molecule has 1 amide bonds. The van der Waals surface area contributed by atoms with Gasteiger partial charge in [0.05, 0.1) is 26.5 Å². The number of aromatic nitrogens is 1. The number of rotatable bonds is 9. The van der Waals surface area contributed by atoms with Crippen LogP contribution >= 0.6 is 11.6 Å². The molecule has 0 bridgehead atoms. The van der Waals surface area contributed by atoms with E-state index < -0.39 is 22.5 Å². The van der Waals surface area contributed by atoms with Gasteiger partial charge in [0.25, 0.3) is 0 Å². The lowest BCUT2D eigenvalue weighted by atomic mass is 10.2. The third-order valence-corrected chi connectivity index (χ3v) is 6.56. The Morgan fingerprint density at radius 1 is 1.09 bits per heavy atom. The van der Waals surface area contributed by atoms with Crippen LogP contribution in [0.4, 0.5) is 5.69 Å². The first-order valence-corrected chi connectivity index (χ1v) is 11.3. The maximum Gasteiger partial charge on any atom is 0.245 e. The average molecular weight is 476 g/mol. The van der Waals surface area contributed by atoms with Crippen molar-refractivity contribution in [2.45, 2.75) is 11.4 Å². The second-order valence-electron chi connectivity index (χ2n) is 6.70. The molecular weight excluding hydrogens is 454 g/mol. The molecule has 0 radical (unpaired) electrons. The predicted molar refractivity (Wildman–Crippen MR) is 121 cm³/mol. The number of sulfonamides is 1. The van der Waals surface area contributed by atoms with Gasteiger partial charge in [-0.05, 0) is 48.0 Å². The van der Waals surface area contributed by atoms with E-state index >= 15 is 0 Å². The second-order valence-corrected chi connectivity index (χ2v) is 9.08. The predicted octanol–water partition coefficient (Wildman–Crippen LogP) is 3.58. The lowest BCUT2D eigenvalue weighted by Gasteiger charge is -2.22. The summed E-state index contributed by atoms with van der Waals surface area (Å²) in [5, 5.41) is 3.07. The number of nitrogens with one attached hydrogen (secondary N) is 1. The normalized spacial score (nSPS) is 11.2. The minimum atomic E-state index is -4.00. The maximum absolute atomic E-state index is 13.3. The number of amides is 1. The van der Waals surface area contributed by atoms with Crippen molar-refractivity contribution in [3.05, 3.63) is 77.6 Å². The highest BCUT2D eigenvalue weighted by Gasteiger charge is 2.27. The minimum absolute atomic E-state index is 0.0124. The van der Waals surface area contributed by atoms with Crippen LogP contribution in [0.1, 0.15) is 5.56 Å². The van der Waals surface area contributed by atoms with E-state index in [1.54, 1.807) is 43.5 Å². The van der Waals surface area contributed by atoms with Gasteiger partial charge in [-0.3, -0.25) is 9.78 Å². The summed E-state index contributed by atoms with van der Waals surface area (Å²) in [6.45, 7) is -0.458. The van der Waals surface area contributed by atoms with Crippen molar-refractivity contribution in [2.75, 3.05) is 26.1 Å². The van der Waals surface area contributed by atoms with Crippen molar-refractivity contribution < 1.29 is 22.7 Å². The highest BCUT2D eigenvalue weighted by molar-refractivity contribution is 7.89. The van der Waals surface area contributed by atoms with E-state index in [1.165, 1.54) is 37.7 Å². The first kappa shape index (κ1) is 23.5. The lowest BCUT2D eigenvalue weighted by molar-refractivity contribution is -0.116. The first-order chi connectivity index (χ1) is 15.3. The fourth-order valence-corrected chi connectivity index (χ4v) is 4.46. The smallest absolute Gasteiger partial charge is 0.245 e. The topological polar surface area (TPSA) is 97.8 Å². The van der Waals surface area contributed by atoms with E-state index in [2.05, 4.69) is 10.3 Å². The molecule has 10 heteroatoms. The van der Waals surface area contributed by atoms with Gasteiger partial charge in [-0.25, -0.2) is 8.42 Å². The molecule has 1 N–H and O–H groups in total. The van der Waals surface area contributed by atoms with Crippen LogP contribution in [-0.4, -0.2) is 44.4 Å². The first-order valence-electron chi connectivity index (χ1n) is 9.50. The number of nitrogens with zero attached hydrogens (tertiary/aromatic N) is 2. The fourth-order valence-electron chi connectivity index (χ4n) is 2.94. The summed E-state index contributed by atoms with van der Waals surface area (Å²) >= 11 is 6.02. The van der Waals surface area contributed by atoms with Crippen LogP contribution < -0.4 is 14.8 Å². The Hall–Kier alpha value is -3.14. The number of halogens is 1. The van der Waals surface area contributed by atoms with E-state index in [0.717, 1.165) is 4.31 Å². The van der Waals surface area contributed by atoms with Gasteiger partial charge in [0.1, 0.15) is 16.4 Å². The molecule has 0 fully saturated rings. The number of ether oxygens (including phenoxy) is 2. The quantitative estimate of drug-likeness (QED) is 0.508. The highest BCUT2D eigenvalue weighted by Crippen LogP contribution is 2.28. The minimum Gasteiger partial charge on any atom is -0.497 e. The molecule has 0 aliphatic rings. The molecule has 1 heterocycles. The fraction of sp³-hybridized carbons (Fsp3) is 0.182. The van der Waals surface area contributed by atoms with Crippen molar-refractivity contribution in [1.82, 2.24) is 9.29 Å². The highest BCUT2D eigenvalue weighted by atomic mass is 35.5. The third-order valence-electron chi connectivity index (χ3n) is 4.55. The van der Waals surface area contributed by atoms with Crippen molar-refractivity contribution in [3.63, 3.8) is 0 Å². The van der Waals surface area contributed by atoms with Crippen LogP contribution in [-0.2, 0) is 21.4 Å². The van der Waals surface area contributed by atoms with Gasteiger partial charge in [-0.2, -0.15) is 4.31 Å². The van der Waals surface area contributed by atoms with Crippen LogP contribution in [0.2, 0.25) is 5.02 Å². The maximum atomic E-state index is 13.3. The third kappa shape index (κ3) is 5.76. The monoisotopic (exact) mass is 475 g/mol. The molecule has 3 aromatic rings. The number of anilines is 1. The summed E-state index contributed by atoms with van der Waals surface area (Å²) in [5.74, 6) is 0.493. The van der Waals surface area contributed by atoms with E-state index in [1.807, 2.05) is 0 Å². The molecule has 0 saturated carbocycles. The zero-order valence-electron chi connectivity index (χ0n) is 17.5. The molecule has 0 atom stereocenters. The lowest BCUT2D eigenvalue weighted by Crippen LogP contribution is -2.37. The van der Waals surface area contributed by atoms with E-state index in [4.69, 9.17) is 21.1 Å².